The van der Waals surface area contributed by atoms with Gasteiger partial charge in [-0.2, -0.15) is 0 Å². The van der Waals surface area contributed by atoms with Crippen molar-refractivity contribution in [3.8, 4) is 0 Å². The smallest absolute Gasteiger partial charge is 0.229 e. The Labute approximate surface area is 62.2 Å². The predicted octanol–water partition coefficient (Wildman–Crippen LogP) is 1.22. The predicted molar refractivity (Wildman–Crippen MR) is 40.4 cm³/mol. The molecule has 0 aromatic heterocycles. The molecule has 1 aliphatic carbocycles. The van der Waals surface area contributed by atoms with E-state index in [-0.39, 0.29) is 5.91 Å². The molecular formula is C8H14NO. The zero-order valence-corrected chi connectivity index (χ0v) is 6.68. The van der Waals surface area contributed by atoms with Crippen molar-refractivity contribution in [3.05, 3.63) is 5.92 Å². The van der Waals surface area contributed by atoms with Crippen LogP contribution in [0, 0.1) is 5.92 Å². The average molecular weight is 140 g/mol. The molecule has 2 nitrogen and oxygen atoms in total. The highest BCUT2D eigenvalue weighted by atomic mass is 16.2. The zero-order valence-electron chi connectivity index (χ0n) is 6.68. The van der Waals surface area contributed by atoms with Crippen LogP contribution >= 0.6 is 0 Å². The molecular weight excluding hydrogens is 126 g/mol. The Morgan fingerprint density at radius 1 is 1.30 bits per heavy atom. The highest BCUT2D eigenvalue weighted by molar-refractivity contribution is 5.89. The summed E-state index contributed by atoms with van der Waals surface area (Å²) in [7, 11) is 3.63. The van der Waals surface area contributed by atoms with Crippen molar-refractivity contribution in [1.29, 1.82) is 0 Å². The summed E-state index contributed by atoms with van der Waals surface area (Å²) in [6.07, 6.45) is 4.46. The Morgan fingerprint density at radius 3 is 2.20 bits per heavy atom. The average Bonchev–Trinajstić information content (AvgIpc) is 2.36. The standard InChI is InChI=1S/C8H14NO/c1-9(2)8(10)7-5-3-4-6-7/h3-6H2,1-2H3. The van der Waals surface area contributed by atoms with Crippen molar-refractivity contribution < 1.29 is 4.79 Å². The molecule has 0 unspecified atom stereocenters. The van der Waals surface area contributed by atoms with Gasteiger partial charge in [0.1, 0.15) is 0 Å². The van der Waals surface area contributed by atoms with E-state index in [0.717, 1.165) is 18.8 Å². The van der Waals surface area contributed by atoms with Crippen molar-refractivity contribution in [2.75, 3.05) is 14.1 Å². The molecule has 0 spiro atoms. The van der Waals surface area contributed by atoms with Gasteiger partial charge in [0, 0.05) is 14.1 Å². The van der Waals surface area contributed by atoms with Crippen LogP contribution in [0.1, 0.15) is 25.7 Å². The van der Waals surface area contributed by atoms with E-state index in [9.17, 15) is 4.79 Å². The molecule has 1 fully saturated rings. The quantitative estimate of drug-likeness (QED) is 0.536. The Morgan fingerprint density at radius 2 is 1.80 bits per heavy atom. The van der Waals surface area contributed by atoms with Gasteiger partial charge in [0.2, 0.25) is 5.91 Å². The Hall–Kier alpha value is -0.530. The lowest BCUT2D eigenvalue weighted by Crippen LogP contribution is -2.26. The maximum Gasteiger partial charge on any atom is 0.229 e. The van der Waals surface area contributed by atoms with E-state index in [1.165, 1.54) is 12.8 Å². The second-order valence-electron chi connectivity index (χ2n) is 3.01. The molecule has 1 radical (unpaired) electrons. The lowest BCUT2D eigenvalue weighted by atomic mass is 10.1. The molecule has 1 rings (SSSR count). The van der Waals surface area contributed by atoms with E-state index < -0.39 is 0 Å². The van der Waals surface area contributed by atoms with Crippen molar-refractivity contribution >= 4 is 5.91 Å². The summed E-state index contributed by atoms with van der Waals surface area (Å²) >= 11 is 0. The number of hydrogen-bond acceptors (Lipinski definition) is 1. The molecule has 0 aliphatic heterocycles. The Balaban J connectivity index is 2.40. The summed E-state index contributed by atoms with van der Waals surface area (Å²) in [5, 5.41) is 0. The Bertz CT molecular complexity index is 125. The van der Waals surface area contributed by atoms with Gasteiger partial charge >= 0.3 is 0 Å². The second-order valence-corrected chi connectivity index (χ2v) is 3.01. The largest absolute Gasteiger partial charge is 0.348 e. The minimum Gasteiger partial charge on any atom is -0.348 e. The van der Waals surface area contributed by atoms with Gasteiger partial charge in [-0.05, 0) is 12.8 Å². The zero-order chi connectivity index (χ0) is 7.56. The third kappa shape index (κ3) is 1.49. The first-order valence-electron chi connectivity index (χ1n) is 3.78. The SMILES string of the molecule is CN(C)C(=O)[C]1CCCC1. The van der Waals surface area contributed by atoms with Crippen molar-refractivity contribution in [3.63, 3.8) is 0 Å². The lowest BCUT2D eigenvalue weighted by molar-refractivity contribution is -0.126. The fourth-order valence-corrected chi connectivity index (χ4v) is 1.33. The number of carbonyl (C=O) groups excluding carboxylic acids is 1. The molecule has 0 aromatic rings. The van der Waals surface area contributed by atoms with E-state index in [2.05, 4.69) is 0 Å². The summed E-state index contributed by atoms with van der Waals surface area (Å²) in [4.78, 5) is 12.9. The van der Waals surface area contributed by atoms with Crippen LogP contribution in [0.3, 0.4) is 0 Å². The first kappa shape index (κ1) is 7.58. The van der Waals surface area contributed by atoms with Crippen LogP contribution in [0.15, 0.2) is 0 Å². The topological polar surface area (TPSA) is 20.3 Å². The van der Waals surface area contributed by atoms with Gasteiger partial charge in [-0.25, -0.2) is 0 Å². The summed E-state index contributed by atoms with van der Waals surface area (Å²) in [5.74, 6) is 1.35. The molecule has 1 amide bonds. The molecule has 1 saturated carbocycles. The van der Waals surface area contributed by atoms with Crippen LogP contribution in [0.2, 0.25) is 0 Å². The summed E-state index contributed by atoms with van der Waals surface area (Å²) in [5.41, 5.74) is 0. The number of nitrogens with zero attached hydrogens (tertiary/aromatic N) is 1. The molecule has 0 bridgehead atoms. The maximum atomic E-state index is 11.2. The Kier molecular flexibility index (Phi) is 2.30. The highest BCUT2D eigenvalue weighted by Gasteiger charge is 2.24. The van der Waals surface area contributed by atoms with E-state index in [4.69, 9.17) is 0 Å². The third-order valence-corrected chi connectivity index (χ3v) is 1.92. The van der Waals surface area contributed by atoms with E-state index in [1.807, 2.05) is 14.1 Å². The van der Waals surface area contributed by atoms with Crippen LogP contribution in [0.5, 0.6) is 0 Å². The normalized spacial score (nSPS) is 19.4. The fourth-order valence-electron chi connectivity index (χ4n) is 1.33. The molecule has 0 heterocycles. The molecule has 1 aliphatic rings. The van der Waals surface area contributed by atoms with E-state index >= 15 is 0 Å². The van der Waals surface area contributed by atoms with E-state index in [1.54, 1.807) is 4.90 Å². The first-order valence-corrected chi connectivity index (χ1v) is 3.78. The number of rotatable bonds is 1. The van der Waals surface area contributed by atoms with Gasteiger partial charge in [-0.15, -0.1) is 0 Å². The molecule has 0 aromatic carbocycles. The summed E-state index contributed by atoms with van der Waals surface area (Å²) < 4.78 is 0. The molecule has 57 valence electrons. The first-order chi connectivity index (χ1) is 4.72. The van der Waals surface area contributed by atoms with Gasteiger partial charge in [0.15, 0.2) is 0 Å². The maximum absolute atomic E-state index is 11.2. The fraction of sp³-hybridized carbons (Fsp3) is 0.750. The minimum atomic E-state index is 0.234. The summed E-state index contributed by atoms with van der Waals surface area (Å²) in [6, 6.07) is 0. The molecule has 0 saturated heterocycles. The lowest BCUT2D eigenvalue weighted by Gasteiger charge is -2.14. The third-order valence-electron chi connectivity index (χ3n) is 1.92. The molecule has 10 heavy (non-hydrogen) atoms. The van der Waals surface area contributed by atoms with Gasteiger partial charge in [0.25, 0.3) is 0 Å². The summed E-state index contributed by atoms with van der Waals surface area (Å²) in [6.45, 7) is 0. The van der Waals surface area contributed by atoms with Crippen molar-refractivity contribution in [2.24, 2.45) is 0 Å². The van der Waals surface area contributed by atoms with Crippen molar-refractivity contribution in [1.82, 2.24) is 4.90 Å². The number of amides is 1. The van der Waals surface area contributed by atoms with E-state index in [0.29, 0.717) is 0 Å². The van der Waals surface area contributed by atoms with Gasteiger partial charge < -0.3 is 4.90 Å². The van der Waals surface area contributed by atoms with Crippen LogP contribution in [-0.4, -0.2) is 24.9 Å². The number of hydrogen-bond donors (Lipinski definition) is 0. The molecule has 0 atom stereocenters. The molecule has 0 N–H and O–H groups in total. The van der Waals surface area contributed by atoms with Crippen molar-refractivity contribution in [2.45, 2.75) is 25.7 Å². The van der Waals surface area contributed by atoms with Gasteiger partial charge in [-0.3, -0.25) is 4.79 Å². The van der Waals surface area contributed by atoms with Crippen LogP contribution in [0.4, 0.5) is 0 Å². The molecule has 2 heteroatoms. The van der Waals surface area contributed by atoms with Gasteiger partial charge in [0.05, 0.1) is 5.92 Å². The monoisotopic (exact) mass is 140 g/mol. The van der Waals surface area contributed by atoms with Gasteiger partial charge in [-0.1, -0.05) is 12.8 Å². The number of carbonyl (C=O) groups is 1. The highest BCUT2D eigenvalue weighted by Crippen LogP contribution is 2.27. The second kappa shape index (κ2) is 3.04. The van der Waals surface area contributed by atoms with Crippen LogP contribution in [-0.2, 0) is 4.79 Å². The van der Waals surface area contributed by atoms with Crippen LogP contribution in [0.25, 0.3) is 0 Å². The van der Waals surface area contributed by atoms with Crippen LogP contribution < -0.4 is 0 Å². The minimum absolute atomic E-state index is 0.234.